The maximum absolute atomic E-state index is 5.18. The summed E-state index contributed by atoms with van der Waals surface area (Å²) in [7, 11) is 3.42. The Kier molecular flexibility index (Phi) is 15.8. The standard InChI is InChI=1S/C19H38O2/c1-5-18(2)16-14-12-10-8-6-7-9-11-13-15-17-19(20-3)21-4/h6,8,18-19H,5,7,9-17H2,1-4H3/b8-6-. The van der Waals surface area contributed by atoms with Crippen LogP contribution < -0.4 is 0 Å². The molecule has 126 valence electrons. The largest absolute Gasteiger partial charge is 0.356 e. The van der Waals surface area contributed by atoms with Gasteiger partial charge in [-0.3, -0.25) is 0 Å². The van der Waals surface area contributed by atoms with E-state index in [-0.39, 0.29) is 6.29 Å². The van der Waals surface area contributed by atoms with Crippen LogP contribution in [-0.2, 0) is 9.47 Å². The highest BCUT2D eigenvalue weighted by Crippen LogP contribution is 2.13. The summed E-state index contributed by atoms with van der Waals surface area (Å²) in [4.78, 5) is 0. The Labute approximate surface area is 133 Å². The molecular formula is C19H38O2. The lowest BCUT2D eigenvalue weighted by molar-refractivity contribution is -0.107. The molecule has 0 fully saturated rings. The molecule has 1 atom stereocenters. The molecule has 0 radical (unpaired) electrons. The van der Waals surface area contributed by atoms with Crippen LogP contribution in [0.25, 0.3) is 0 Å². The van der Waals surface area contributed by atoms with E-state index in [4.69, 9.17) is 9.47 Å². The highest BCUT2D eigenvalue weighted by Gasteiger charge is 2.03. The van der Waals surface area contributed by atoms with Crippen molar-refractivity contribution in [2.45, 2.75) is 90.8 Å². The zero-order valence-electron chi connectivity index (χ0n) is 14.9. The number of hydrogen-bond acceptors (Lipinski definition) is 2. The SMILES string of the molecule is CCC(C)CCCC/C=C\CCCCCCC(OC)OC. The number of methoxy groups -OCH3 is 2. The molecule has 0 N–H and O–H groups in total. The third-order valence-electron chi connectivity index (χ3n) is 4.27. The smallest absolute Gasteiger partial charge is 0.156 e. The van der Waals surface area contributed by atoms with E-state index >= 15 is 0 Å². The summed E-state index contributed by atoms with van der Waals surface area (Å²) >= 11 is 0. The molecule has 0 heterocycles. The molecule has 0 rings (SSSR count). The number of rotatable bonds is 15. The third kappa shape index (κ3) is 14.4. The summed E-state index contributed by atoms with van der Waals surface area (Å²) in [6.45, 7) is 4.65. The van der Waals surface area contributed by atoms with Crippen molar-refractivity contribution in [3.63, 3.8) is 0 Å². The molecule has 0 aromatic rings. The number of allylic oxidation sites excluding steroid dienone is 2. The van der Waals surface area contributed by atoms with Crippen molar-refractivity contribution >= 4 is 0 Å². The van der Waals surface area contributed by atoms with Gasteiger partial charge in [-0.1, -0.05) is 58.1 Å². The summed E-state index contributed by atoms with van der Waals surface area (Å²) in [5.41, 5.74) is 0. The minimum Gasteiger partial charge on any atom is -0.356 e. The second-order valence-corrected chi connectivity index (χ2v) is 6.16. The van der Waals surface area contributed by atoms with Crippen LogP contribution in [0, 0.1) is 5.92 Å². The van der Waals surface area contributed by atoms with E-state index in [9.17, 15) is 0 Å². The molecule has 0 spiro atoms. The van der Waals surface area contributed by atoms with Gasteiger partial charge in [-0.25, -0.2) is 0 Å². The van der Waals surface area contributed by atoms with Crippen LogP contribution >= 0.6 is 0 Å². The summed E-state index contributed by atoms with van der Waals surface area (Å²) < 4.78 is 10.4. The quantitative estimate of drug-likeness (QED) is 0.206. The molecule has 0 aliphatic heterocycles. The fourth-order valence-corrected chi connectivity index (χ4v) is 2.45. The van der Waals surface area contributed by atoms with Gasteiger partial charge in [0.15, 0.2) is 6.29 Å². The first-order chi connectivity index (χ1) is 10.2. The van der Waals surface area contributed by atoms with Gasteiger partial charge in [0.05, 0.1) is 0 Å². The van der Waals surface area contributed by atoms with Gasteiger partial charge in [-0.2, -0.15) is 0 Å². The van der Waals surface area contributed by atoms with Crippen molar-refractivity contribution in [1.82, 2.24) is 0 Å². The van der Waals surface area contributed by atoms with Crippen LogP contribution in [0.4, 0.5) is 0 Å². The van der Waals surface area contributed by atoms with Crippen molar-refractivity contribution < 1.29 is 9.47 Å². The zero-order valence-corrected chi connectivity index (χ0v) is 14.9. The predicted molar refractivity (Wildman–Crippen MR) is 92.6 cm³/mol. The van der Waals surface area contributed by atoms with Gasteiger partial charge in [-0.15, -0.1) is 0 Å². The van der Waals surface area contributed by atoms with Crippen molar-refractivity contribution in [2.24, 2.45) is 5.92 Å². The molecular weight excluding hydrogens is 260 g/mol. The second kappa shape index (κ2) is 16.0. The lowest BCUT2D eigenvalue weighted by Crippen LogP contribution is -2.12. The summed E-state index contributed by atoms with van der Waals surface area (Å²) in [5, 5.41) is 0. The topological polar surface area (TPSA) is 18.5 Å². The van der Waals surface area contributed by atoms with Gasteiger partial charge >= 0.3 is 0 Å². The normalized spacial score (nSPS) is 13.4. The lowest BCUT2D eigenvalue weighted by atomic mass is 10.0. The average Bonchev–Trinajstić information content (AvgIpc) is 2.51. The predicted octanol–water partition coefficient (Wildman–Crippen LogP) is 6.11. The third-order valence-corrected chi connectivity index (χ3v) is 4.27. The van der Waals surface area contributed by atoms with Crippen LogP contribution in [0.3, 0.4) is 0 Å². The Bertz CT molecular complexity index is 222. The van der Waals surface area contributed by atoms with Crippen LogP contribution in [-0.4, -0.2) is 20.5 Å². The zero-order chi connectivity index (χ0) is 15.8. The molecule has 0 aliphatic rings. The monoisotopic (exact) mass is 298 g/mol. The maximum Gasteiger partial charge on any atom is 0.156 e. The van der Waals surface area contributed by atoms with Gasteiger partial charge in [0.2, 0.25) is 0 Å². The van der Waals surface area contributed by atoms with Crippen LogP contribution in [0.15, 0.2) is 12.2 Å². The summed E-state index contributed by atoms with van der Waals surface area (Å²) in [6, 6.07) is 0. The Hall–Kier alpha value is -0.340. The van der Waals surface area contributed by atoms with E-state index in [0.29, 0.717) is 0 Å². The molecule has 0 amide bonds. The van der Waals surface area contributed by atoms with E-state index in [1.54, 1.807) is 14.2 Å². The fraction of sp³-hybridized carbons (Fsp3) is 0.895. The first kappa shape index (κ1) is 20.7. The van der Waals surface area contributed by atoms with E-state index in [0.717, 1.165) is 12.3 Å². The van der Waals surface area contributed by atoms with Gasteiger partial charge in [0.25, 0.3) is 0 Å². The van der Waals surface area contributed by atoms with Crippen LogP contribution in [0.2, 0.25) is 0 Å². The van der Waals surface area contributed by atoms with Gasteiger partial charge < -0.3 is 9.47 Å². The van der Waals surface area contributed by atoms with E-state index in [1.165, 1.54) is 64.2 Å². The Morgan fingerprint density at radius 1 is 0.762 bits per heavy atom. The molecule has 0 aromatic heterocycles. The molecule has 0 saturated carbocycles. The van der Waals surface area contributed by atoms with Gasteiger partial charge in [0.1, 0.15) is 0 Å². The van der Waals surface area contributed by atoms with Crippen LogP contribution in [0.1, 0.15) is 84.5 Å². The first-order valence-corrected chi connectivity index (χ1v) is 8.95. The Balaban J connectivity index is 3.22. The molecule has 0 aliphatic carbocycles. The molecule has 0 aromatic carbocycles. The number of ether oxygens (including phenoxy) is 2. The Morgan fingerprint density at radius 2 is 1.29 bits per heavy atom. The van der Waals surface area contributed by atoms with Crippen molar-refractivity contribution in [3.05, 3.63) is 12.2 Å². The van der Waals surface area contributed by atoms with Crippen molar-refractivity contribution in [2.75, 3.05) is 14.2 Å². The van der Waals surface area contributed by atoms with Gasteiger partial charge in [0, 0.05) is 14.2 Å². The molecule has 0 saturated heterocycles. The minimum atomic E-state index is -0.0136. The Morgan fingerprint density at radius 3 is 1.86 bits per heavy atom. The molecule has 2 heteroatoms. The minimum absolute atomic E-state index is 0.0136. The van der Waals surface area contributed by atoms with Crippen molar-refractivity contribution in [3.8, 4) is 0 Å². The fourth-order valence-electron chi connectivity index (χ4n) is 2.45. The van der Waals surface area contributed by atoms with Gasteiger partial charge in [-0.05, 0) is 44.4 Å². The molecule has 1 unspecified atom stereocenters. The highest BCUT2D eigenvalue weighted by molar-refractivity contribution is 4.81. The van der Waals surface area contributed by atoms with E-state index < -0.39 is 0 Å². The molecule has 2 nitrogen and oxygen atoms in total. The molecule has 0 bridgehead atoms. The first-order valence-electron chi connectivity index (χ1n) is 8.95. The summed E-state index contributed by atoms with van der Waals surface area (Å²) in [6.07, 6.45) is 18.8. The van der Waals surface area contributed by atoms with Crippen molar-refractivity contribution in [1.29, 1.82) is 0 Å². The lowest BCUT2D eigenvalue weighted by Gasteiger charge is -2.12. The molecule has 21 heavy (non-hydrogen) atoms. The van der Waals surface area contributed by atoms with E-state index in [1.807, 2.05) is 0 Å². The number of unbranched alkanes of at least 4 members (excludes halogenated alkanes) is 6. The van der Waals surface area contributed by atoms with E-state index in [2.05, 4.69) is 26.0 Å². The second-order valence-electron chi connectivity index (χ2n) is 6.16. The maximum atomic E-state index is 5.18. The van der Waals surface area contributed by atoms with Crippen LogP contribution in [0.5, 0.6) is 0 Å². The number of hydrogen-bond donors (Lipinski definition) is 0. The highest BCUT2D eigenvalue weighted by atomic mass is 16.7. The average molecular weight is 299 g/mol. The summed E-state index contributed by atoms with van der Waals surface area (Å²) in [5.74, 6) is 0.907.